The topological polar surface area (TPSA) is 55.1 Å². The van der Waals surface area contributed by atoms with Crippen molar-refractivity contribution in [2.75, 3.05) is 12.8 Å². The van der Waals surface area contributed by atoms with E-state index in [1.807, 2.05) is 43.5 Å². The minimum atomic E-state index is -0.135. The molecule has 18 heavy (non-hydrogen) atoms. The van der Waals surface area contributed by atoms with E-state index in [1.165, 1.54) is 0 Å². The number of nitrogens with two attached hydrogens (primary N) is 1. The van der Waals surface area contributed by atoms with Crippen LogP contribution in [0.25, 0.3) is 0 Å². The lowest BCUT2D eigenvalue weighted by molar-refractivity contribution is -0.120. The van der Waals surface area contributed by atoms with Crippen LogP contribution in [0.4, 0.5) is 0 Å². The maximum atomic E-state index is 12.0. The highest BCUT2D eigenvalue weighted by molar-refractivity contribution is 7.99. The maximum absolute atomic E-state index is 12.0. The van der Waals surface area contributed by atoms with Crippen molar-refractivity contribution < 1.29 is 4.79 Å². The molecule has 0 aromatic heterocycles. The monoisotopic (exact) mass is 288 g/mol. The first-order valence-corrected chi connectivity index (χ1v) is 7.05. The number of nitrogens with one attached hydrogen (secondary N) is 1. The molecule has 0 heterocycles. The SMILES string of the molecule is CSC(C(=O)NCCC(C)N)c1ccccc1.Cl. The van der Waals surface area contributed by atoms with Gasteiger partial charge in [0.15, 0.2) is 0 Å². The second kappa shape index (κ2) is 9.25. The number of amides is 1. The second-order valence-corrected chi connectivity index (χ2v) is 5.03. The third-order valence-electron chi connectivity index (χ3n) is 2.48. The summed E-state index contributed by atoms with van der Waals surface area (Å²) in [6, 6.07) is 9.94. The first-order chi connectivity index (χ1) is 8.15. The Labute approximate surface area is 119 Å². The summed E-state index contributed by atoms with van der Waals surface area (Å²) in [5.41, 5.74) is 6.68. The molecule has 1 aromatic carbocycles. The van der Waals surface area contributed by atoms with Crippen molar-refractivity contribution in [3.63, 3.8) is 0 Å². The van der Waals surface area contributed by atoms with E-state index in [-0.39, 0.29) is 29.6 Å². The molecule has 0 aliphatic carbocycles. The average Bonchev–Trinajstić information content (AvgIpc) is 2.31. The molecular formula is C13H21ClN2OS. The van der Waals surface area contributed by atoms with Gasteiger partial charge in [0.05, 0.1) is 0 Å². The second-order valence-electron chi connectivity index (χ2n) is 4.08. The minimum absolute atomic E-state index is 0. The molecule has 0 radical (unpaired) electrons. The molecule has 5 heteroatoms. The van der Waals surface area contributed by atoms with Crippen LogP contribution in [0, 0.1) is 0 Å². The van der Waals surface area contributed by atoms with Gasteiger partial charge < -0.3 is 11.1 Å². The molecule has 102 valence electrons. The largest absolute Gasteiger partial charge is 0.355 e. The normalized spacial score (nSPS) is 13.3. The van der Waals surface area contributed by atoms with Crippen LogP contribution in [0.1, 0.15) is 24.2 Å². The van der Waals surface area contributed by atoms with Gasteiger partial charge in [-0.3, -0.25) is 4.79 Å². The van der Waals surface area contributed by atoms with Crippen molar-refractivity contribution in [3.8, 4) is 0 Å². The van der Waals surface area contributed by atoms with E-state index in [0.717, 1.165) is 12.0 Å². The summed E-state index contributed by atoms with van der Waals surface area (Å²) < 4.78 is 0. The van der Waals surface area contributed by atoms with Crippen LogP contribution in [-0.4, -0.2) is 24.7 Å². The lowest BCUT2D eigenvalue weighted by Gasteiger charge is -2.15. The molecule has 3 nitrogen and oxygen atoms in total. The smallest absolute Gasteiger partial charge is 0.237 e. The lowest BCUT2D eigenvalue weighted by atomic mass is 10.1. The van der Waals surface area contributed by atoms with E-state index in [9.17, 15) is 4.79 Å². The fourth-order valence-electron chi connectivity index (χ4n) is 1.54. The Morgan fingerprint density at radius 1 is 1.39 bits per heavy atom. The predicted octanol–water partition coefficient (Wildman–Crippen LogP) is 2.37. The number of carbonyl (C=O) groups is 1. The summed E-state index contributed by atoms with van der Waals surface area (Å²) in [6.07, 6.45) is 2.75. The quantitative estimate of drug-likeness (QED) is 0.845. The zero-order chi connectivity index (χ0) is 12.7. The van der Waals surface area contributed by atoms with Crippen molar-refractivity contribution in [2.24, 2.45) is 5.73 Å². The zero-order valence-electron chi connectivity index (χ0n) is 10.8. The van der Waals surface area contributed by atoms with Gasteiger partial charge in [-0.05, 0) is 25.2 Å². The van der Waals surface area contributed by atoms with Gasteiger partial charge >= 0.3 is 0 Å². The number of benzene rings is 1. The van der Waals surface area contributed by atoms with E-state index >= 15 is 0 Å². The fraction of sp³-hybridized carbons (Fsp3) is 0.462. The van der Waals surface area contributed by atoms with Gasteiger partial charge in [-0.1, -0.05) is 30.3 Å². The molecule has 1 aromatic rings. The van der Waals surface area contributed by atoms with Crippen molar-refractivity contribution in [2.45, 2.75) is 24.6 Å². The van der Waals surface area contributed by atoms with Crippen LogP contribution in [0.2, 0.25) is 0 Å². The highest BCUT2D eigenvalue weighted by Gasteiger charge is 2.18. The third kappa shape index (κ3) is 5.76. The van der Waals surface area contributed by atoms with Crippen LogP contribution in [-0.2, 0) is 4.79 Å². The Kier molecular flexibility index (Phi) is 8.89. The number of hydrogen-bond acceptors (Lipinski definition) is 3. The summed E-state index contributed by atoms with van der Waals surface area (Å²) in [6.45, 7) is 2.58. The first kappa shape index (κ1) is 17.3. The molecule has 2 atom stereocenters. The Morgan fingerprint density at radius 2 is 2.00 bits per heavy atom. The number of carbonyl (C=O) groups excluding carboxylic acids is 1. The average molecular weight is 289 g/mol. The van der Waals surface area contributed by atoms with Crippen LogP contribution in [0.15, 0.2) is 30.3 Å². The minimum Gasteiger partial charge on any atom is -0.355 e. The van der Waals surface area contributed by atoms with Crippen LogP contribution < -0.4 is 11.1 Å². The molecule has 0 bridgehead atoms. The molecule has 0 fully saturated rings. The van der Waals surface area contributed by atoms with Gasteiger partial charge in [0.1, 0.15) is 5.25 Å². The molecule has 0 saturated heterocycles. The number of thioether (sulfide) groups is 1. The molecule has 1 rings (SSSR count). The molecule has 1 amide bonds. The van der Waals surface area contributed by atoms with E-state index in [0.29, 0.717) is 6.54 Å². The summed E-state index contributed by atoms with van der Waals surface area (Å²) in [5, 5.41) is 2.79. The Balaban J connectivity index is 0.00000289. The van der Waals surface area contributed by atoms with Gasteiger partial charge in [0, 0.05) is 12.6 Å². The van der Waals surface area contributed by atoms with Gasteiger partial charge in [-0.2, -0.15) is 0 Å². The Morgan fingerprint density at radius 3 is 2.50 bits per heavy atom. The van der Waals surface area contributed by atoms with E-state index < -0.39 is 0 Å². The first-order valence-electron chi connectivity index (χ1n) is 5.76. The summed E-state index contributed by atoms with van der Waals surface area (Å²) in [4.78, 5) is 12.0. The van der Waals surface area contributed by atoms with Crippen molar-refractivity contribution >= 4 is 30.1 Å². The highest BCUT2D eigenvalue weighted by atomic mass is 35.5. The van der Waals surface area contributed by atoms with Crippen molar-refractivity contribution in [3.05, 3.63) is 35.9 Å². The van der Waals surface area contributed by atoms with Crippen LogP contribution in [0.5, 0.6) is 0 Å². The molecule has 0 aliphatic heterocycles. The number of halogens is 1. The molecule has 0 aliphatic rings. The van der Waals surface area contributed by atoms with E-state index in [1.54, 1.807) is 11.8 Å². The van der Waals surface area contributed by atoms with Gasteiger partial charge in [-0.15, -0.1) is 24.2 Å². The third-order valence-corrected chi connectivity index (χ3v) is 3.43. The molecular weight excluding hydrogens is 268 g/mol. The summed E-state index contributed by atoms with van der Waals surface area (Å²) in [7, 11) is 0. The fourth-order valence-corrected chi connectivity index (χ4v) is 2.26. The zero-order valence-corrected chi connectivity index (χ0v) is 12.4. The Hall–Kier alpha value is -0.710. The van der Waals surface area contributed by atoms with E-state index in [4.69, 9.17) is 5.73 Å². The summed E-state index contributed by atoms with van der Waals surface area (Å²) >= 11 is 1.55. The maximum Gasteiger partial charge on any atom is 0.237 e. The highest BCUT2D eigenvalue weighted by Crippen LogP contribution is 2.26. The van der Waals surface area contributed by atoms with Gasteiger partial charge in [0.25, 0.3) is 0 Å². The predicted molar refractivity (Wildman–Crippen MR) is 81.2 cm³/mol. The van der Waals surface area contributed by atoms with Gasteiger partial charge in [0.2, 0.25) is 5.91 Å². The van der Waals surface area contributed by atoms with Crippen LogP contribution in [0.3, 0.4) is 0 Å². The lowest BCUT2D eigenvalue weighted by Crippen LogP contribution is -2.31. The molecule has 0 saturated carbocycles. The molecule has 0 spiro atoms. The molecule has 2 unspecified atom stereocenters. The van der Waals surface area contributed by atoms with Crippen molar-refractivity contribution in [1.82, 2.24) is 5.32 Å². The standard InChI is InChI=1S/C13H20N2OS.ClH/c1-10(14)8-9-15-13(16)12(17-2)11-6-4-3-5-7-11;/h3-7,10,12H,8-9,14H2,1-2H3,(H,15,16);1H. The van der Waals surface area contributed by atoms with Crippen molar-refractivity contribution in [1.29, 1.82) is 0 Å². The van der Waals surface area contributed by atoms with E-state index in [2.05, 4.69) is 5.32 Å². The number of rotatable bonds is 6. The summed E-state index contributed by atoms with van der Waals surface area (Å²) in [5.74, 6) is 0.0596. The van der Waals surface area contributed by atoms with Crippen LogP contribution >= 0.6 is 24.2 Å². The Bertz CT molecular complexity index is 346. The van der Waals surface area contributed by atoms with Gasteiger partial charge in [-0.25, -0.2) is 0 Å². The number of hydrogen-bond donors (Lipinski definition) is 2. The molecule has 3 N–H and O–H groups in total.